The molecule has 7 aliphatic rings. The first kappa shape index (κ1) is 50.8. The molecule has 67 heavy (non-hydrogen) atoms. The SMILES string of the molecule is COC1CC(OC2CCC3(C)C(=CCC4C3CC(OC(=O)c3ccccc3)C3(C)C(C(C)OC(C)=O)CCC43O)C2)OC(C)C1OC1CC(OC)C(OC2OC(CO)C(O)C(O)C2O)C(C)O1. The summed E-state index contributed by atoms with van der Waals surface area (Å²) in [5.74, 6) is -1.06. The number of aliphatic hydroxyl groups excluding tert-OH is 4. The van der Waals surface area contributed by atoms with Crippen molar-refractivity contribution in [2.24, 2.45) is 28.6 Å². The second-order valence-electron chi connectivity index (χ2n) is 20.7. The van der Waals surface area contributed by atoms with E-state index in [9.17, 15) is 35.1 Å². The summed E-state index contributed by atoms with van der Waals surface area (Å²) in [5, 5.41) is 53.9. The van der Waals surface area contributed by atoms with Gasteiger partial charge in [0.15, 0.2) is 18.9 Å². The fourth-order valence-electron chi connectivity index (χ4n) is 13.5. The summed E-state index contributed by atoms with van der Waals surface area (Å²) in [4.78, 5) is 26.0. The molecule has 22 unspecified atom stereocenters. The van der Waals surface area contributed by atoms with Gasteiger partial charge < -0.3 is 72.9 Å². The number of esters is 2. The van der Waals surface area contributed by atoms with Gasteiger partial charge in [0.05, 0.1) is 48.3 Å². The highest BCUT2D eigenvalue weighted by atomic mass is 16.8. The van der Waals surface area contributed by atoms with Gasteiger partial charge in [-0.2, -0.15) is 0 Å². The number of hydrogen-bond acceptors (Lipinski definition) is 17. The van der Waals surface area contributed by atoms with Crippen LogP contribution in [0, 0.1) is 28.6 Å². The molecule has 0 spiro atoms. The molecule has 3 aliphatic heterocycles. The number of benzene rings is 1. The Morgan fingerprint density at radius 2 is 1.46 bits per heavy atom. The minimum absolute atomic E-state index is 0.0293. The van der Waals surface area contributed by atoms with Crippen molar-refractivity contribution in [2.75, 3.05) is 20.8 Å². The molecule has 3 saturated carbocycles. The summed E-state index contributed by atoms with van der Waals surface area (Å²) >= 11 is 0. The summed E-state index contributed by atoms with van der Waals surface area (Å²) in [6.07, 6.45) is -5.26. The smallest absolute Gasteiger partial charge is 0.338 e. The highest BCUT2D eigenvalue weighted by Crippen LogP contribution is 2.69. The number of aliphatic hydroxyl groups is 5. The van der Waals surface area contributed by atoms with Gasteiger partial charge in [-0.25, -0.2) is 4.79 Å². The van der Waals surface area contributed by atoms with Crippen LogP contribution in [-0.4, -0.2) is 162 Å². The minimum Gasteiger partial charge on any atom is -0.463 e. The van der Waals surface area contributed by atoms with Crippen molar-refractivity contribution in [3.8, 4) is 0 Å². The number of hydrogen-bond donors (Lipinski definition) is 5. The number of carbonyl (C=O) groups excluding carboxylic acids is 2. The first-order valence-corrected chi connectivity index (χ1v) is 24.3. The molecule has 1 aromatic carbocycles. The van der Waals surface area contributed by atoms with E-state index in [1.807, 2.05) is 39.0 Å². The lowest BCUT2D eigenvalue weighted by Crippen LogP contribution is -2.67. The Bertz CT molecular complexity index is 1900. The van der Waals surface area contributed by atoms with Gasteiger partial charge in [-0.15, -0.1) is 0 Å². The summed E-state index contributed by atoms with van der Waals surface area (Å²) in [5.41, 5.74) is -0.559. The molecule has 0 radical (unpaired) electrons. The Labute approximate surface area is 393 Å². The third-order valence-electron chi connectivity index (χ3n) is 17.2. The minimum atomic E-state index is -1.58. The third-order valence-corrected chi connectivity index (χ3v) is 17.2. The molecule has 17 heteroatoms. The number of ether oxygens (including phenoxy) is 10. The fourth-order valence-corrected chi connectivity index (χ4v) is 13.5. The molecule has 0 amide bonds. The van der Waals surface area contributed by atoms with Crippen molar-refractivity contribution in [1.29, 1.82) is 0 Å². The van der Waals surface area contributed by atoms with Crippen LogP contribution in [0.1, 0.15) is 110 Å². The van der Waals surface area contributed by atoms with Gasteiger partial charge in [0, 0.05) is 45.3 Å². The van der Waals surface area contributed by atoms with Gasteiger partial charge in [-0.05, 0) is 95.1 Å². The van der Waals surface area contributed by atoms with Crippen LogP contribution >= 0.6 is 0 Å². The molecular weight excluding hydrogens is 873 g/mol. The highest BCUT2D eigenvalue weighted by Gasteiger charge is 2.72. The lowest BCUT2D eigenvalue weighted by molar-refractivity contribution is -0.353. The van der Waals surface area contributed by atoms with Crippen molar-refractivity contribution >= 4 is 11.9 Å². The Morgan fingerprint density at radius 3 is 2.09 bits per heavy atom. The number of fused-ring (bicyclic) bond motifs is 5. The predicted molar refractivity (Wildman–Crippen MR) is 237 cm³/mol. The van der Waals surface area contributed by atoms with Gasteiger partial charge in [-0.3, -0.25) is 4.79 Å². The molecule has 8 rings (SSSR count). The molecule has 3 saturated heterocycles. The fraction of sp³-hybridized carbons (Fsp3) is 0.800. The number of carbonyl (C=O) groups is 2. The molecular formula is C50H74O17. The van der Waals surface area contributed by atoms with Gasteiger partial charge >= 0.3 is 11.9 Å². The Balaban J connectivity index is 0.913. The first-order valence-electron chi connectivity index (χ1n) is 24.3. The van der Waals surface area contributed by atoms with E-state index in [1.165, 1.54) is 19.6 Å². The van der Waals surface area contributed by atoms with Crippen molar-refractivity contribution in [3.05, 3.63) is 47.5 Å². The third kappa shape index (κ3) is 9.40. The Kier molecular flexibility index (Phi) is 15.3. The van der Waals surface area contributed by atoms with Crippen LogP contribution in [0.3, 0.4) is 0 Å². The van der Waals surface area contributed by atoms with E-state index in [0.29, 0.717) is 44.1 Å². The summed E-state index contributed by atoms with van der Waals surface area (Å²) in [6, 6.07) is 8.96. The second-order valence-corrected chi connectivity index (χ2v) is 20.7. The number of rotatable bonds is 13. The Morgan fingerprint density at radius 1 is 0.821 bits per heavy atom. The zero-order valence-corrected chi connectivity index (χ0v) is 40.1. The maximum absolute atomic E-state index is 13.8. The summed E-state index contributed by atoms with van der Waals surface area (Å²) < 4.78 is 61.9. The van der Waals surface area contributed by atoms with E-state index < -0.39 is 116 Å². The molecule has 6 fully saturated rings. The average molecular weight is 947 g/mol. The monoisotopic (exact) mass is 946 g/mol. The summed E-state index contributed by atoms with van der Waals surface area (Å²) in [6.45, 7) is 10.8. The van der Waals surface area contributed by atoms with E-state index in [1.54, 1.807) is 26.2 Å². The molecule has 4 aliphatic carbocycles. The number of allylic oxidation sites excluding steroid dienone is 1. The van der Waals surface area contributed by atoms with Crippen LogP contribution in [0.5, 0.6) is 0 Å². The largest absolute Gasteiger partial charge is 0.463 e. The van der Waals surface area contributed by atoms with E-state index in [4.69, 9.17) is 47.4 Å². The molecule has 0 bridgehead atoms. The zero-order valence-electron chi connectivity index (χ0n) is 40.1. The standard InChI is InChI=1S/C50H74O17/c1-25(60-28(4)52)32-17-19-50(57)33-15-14-30-20-31(16-18-48(30,5)34(33)21-38(49(32,50)6)65-46(56)29-12-10-9-11-13-29)63-39-22-35(58-7)44(26(2)61-39)66-40-23-36(59-8)45(27(3)62-40)67-47-43(55)42(54)41(53)37(24-51)64-47/h9-14,25-27,31-45,47,51,53-55,57H,15-24H2,1-8H3. The van der Waals surface area contributed by atoms with Gasteiger partial charge in [0.1, 0.15) is 48.8 Å². The highest BCUT2D eigenvalue weighted by molar-refractivity contribution is 5.89. The van der Waals surface area contributed by atoms with Gasteiger partial charge in [0.2, 0.25) is 0 Å². The topological polar surface area (TPSA) is 228 Å². The van der Waals surface area contributed by atoms with Crippen molar-refractivity contribution in [3.63, 3.8) is 0 Å². The molecule has 22 atom stereocenters. The molecule has 0 aromatic heterocycles. The lowest BCUT2D eigenvalue weighted by atomic mass is 9.44. The van der Waals surface area contributed by atoms with E-state index in [2.05, 4.69) is 13.0 Å². The van der Waals surface area contributed by atoms with E-state index >= 15 is 0 Å². The van der Waals surface area contributed by atoms with Crippen LogP contribution < -0.4 is 0 Å². The lowest BCUT2D eigenvalue weighted by Gasteiger charge is -2.63. The van der Waals surface area contributed by atoms with E-state index in [0.717, 1.165) is 12.8 Å². The van der Waals surface area contributed by atoms with Crippen LogP contribution in [0.2, 0.25) is 0 Å². The summed E-state index contributed by atoms with van der Waals surface area (Å²) in [7, 11) is 3.16. The quantitative estimate of drug-likeness (QED) is 0.140. The second kappa shape index (κ2) is 20.2. The van der Waals surface area contributed by atoms with Gasteiger partial charge in [-0.1, -0.05) is 43.7 Å². The van der Waals surface area contributed by atoms with E-state index in [-0.39, 0.29) is 41.7 Å². The van der Waals surface area contributed by atoms with Crippen molar-refractivity contribution in [2.45, 2.75) is 203 Å². The van der Waals surface area contributed by atoms with Crippen molar-refractivity contribution < 1.29 is 82.5 Å². The maximum atomic E-state index is 13.8. The number of methoxy groups -OCH3 is 2. The van der Waals surface area contributed by atoms with Crippen LogP contribution in [0.15, 0.2) is 42.0 Å². The predicted octanol–water partition coefficient (Wildman–Crippen LogP) is 3.72. The molecule has 1 aromatic rings. The van der Waals surface area contributed by atoms with Crippen LogP contribution in [0.4, 0.5) is 0 Å². The van der Waals surface area contributed by atoms with Crippen molar-refractivity contribution in [1.82, 2.24) is 0 Å². The van der Waals surface area contributed by atoms with Crippen LogP contribution in [0.25, 0.3) is 0 Å². The molecule has 5 N–H and O–H groups in total. The Hall–Kier alpha value is -2.62. The molecule has 3 heterocycles. The normalized spacial score (nSPS) is 46.9. The molecule has 376 valence electrons. The molecule has 17 nitrogen and oxygen atoms in total. The van der Waals surface area contributed by atoms with Gasteiger partial charge in [0.25, 0.3) is 0 Å². The van der Waals surface area contributed by atoms with Crippen LogP contribution in [-0.2, 0) is 52.2 Å². The first-order chi connectivity index (χ1) is 31.9. The maximum Gasteiger partial charge on any atom is 0.338 e. The average Bonchev–Trinajstić information content (AvgIpc) is 3.59. The zero-order chi connectivity index (χ0) is 48.2.